The van der Waals surface area contributed by atoms with Gasteiger partial charge in [0.05, 0.1) is 5.69 Å². The van der Waals surface area contributed by atoms with Gasteiger partial charge in [-0.1, -0.05) is 30.3 Å². The minimum absolute atomic E-state index is 0.0317. The van der Waals surface area contributed by atoms with Gasteiger partial charge in [-0.15, -0.1) is 11.3 Å². The van der Waals surface area contributed by atoms with Crippen molar-refractivity contribution >= 4 is 33.1 Å². The van der Waals surface area contributed by atoms with E-state index in [1.54, 1.807) is 0 Å². The number of aryl methyl sites for hydroxylation is 2. The number of aromatic nitrogens is 1. The zero-order chi connectivity index (χ0) is 15.5. The molecule has 0 fully saturated rings. The average Bonchev–Trinajstić information content (AvgIpc) is 2.83. The molecule has 0 aliphatic heterocycles. The van der Waals surface area contributed by atoms with Crippen molar-refractivity contribution in [3.8, 4) is 5.75 Å². The average molecular weight is 312 g/mol. The smallest absolute Gasteiger partial charge is 0.264 e. The van der Waals surface area contributed by atoms with E-state index in [-0.39, 0.29) is 12.5 Å². The Morgan fingerprint density at radius 3 is 2.68 bits per heavy atom. The molecule has 3 rings (SSSR count). The van der Waals surface area contributed by atoms with Crippen LogP contribution in [0.15, 0.2) is 42.5 Å². The first-order chi connectivity index (χ1) is 10.6. The second-order valence-electron chi connectivity index (χ2n) is 5.01. The molecule has 0 unspecified atom stereocenters. The number of carbonyl (C=O) groups excluding carboxylic acids is 1. The van der Waals surface area contributed by atoms with Gasteiger partial charge in [-0.3, -0.25) is 10.1 Å². The first kappa shape index (κ1) is 14.5. The van der Waals surface area contributed by atoms with Crippen LogP contribution in [0, 0.1) is 13.8 Å². The highest BCUT2D eigenvalue weighted by atomic mass is 32.1. The molecule has 1 N–H and O–H groups in total. The van der Waals surface area contributed by atoms with E-state index in [1.165, 1.54) is 11.3 Å². The monoisotopic (exact) mass is 312 g/mol. The predicted molar refractivity (Wildman–Crippen MR) is 89.7 cm³/mol. The minimum atomic E-state index is -0.207. The first-order valence-electron chi connectivity index (χ1n) is 6.97. The summed E-state index contributed by atoms with van der Waals surface area (Å²) >= 11 is 1.47. The van der Waals surface area contributed by atoms with Crippen LogP contribution in [0.1, 0.15) is 10.6 Å². The zero-order valence-electron chi connectivity index (χ0n) is 12.4. The summed E-state index contributed by atoms with van der Waals surface area (Å²) in [6.07, 6.45) is 0. The van der Waals surface area contributed by atoms with Crippen LogP contribution in [0.2, 0.25) is 0 Å². The van der Waals surface area contributed by atoms with E-state index in [4.69, 9.17) is 4.74 Å². The van der Waals surface area contributed by atoms with Crippen molar-refractivity contribution in [2.75, 3.05) is 11.9 Å². The Labute approximate surface area is 132 Å². The van der Waals surface area contributed by atoms with Crippen LogP contribution in [0.25, 0.3) is 10.8 Å². The molecule has 0 saturated carbocycles. The van der Waals surface area contributed by atoms with E-state index >= 15 is 0 Å². The molecular formula is C17H16N2O2S. The number of thiazole rings is 1. The number of hydrogen-bond donors (Lipinski definition) is 1. The minimum Gasteiger partial charge on any atom is -0.484 e. The van der Waals surface area contributed by atoms with Crippen molar-refractivity contribution in [1.29, 1.82) is 0 Å². The number of anilines is 1. The van der Waals surface area contributed by atoms with E-state index in [1.807, 2.05) is 56.3 Å². The highest BCUT2D eigenvalue weighted by Gasteiger charge is 2.08. The summed E-state index contributed by atoms with van der Waals surface area (Å²) in [5.74, 6) is 0.474. The first-order valence-corrected chi connectivity index (χ1v) is 7.79. The Kier molecular flexibility index (Phi) is 4.06. The molecule has 0 aliphatic carbocycles. The lowest BCUT2D eigenvalue weighted by Crippen LogP contribution is -2.20. The van der Waals surface area contributed by atoms with Gasteiger partial charge in [-0.05, 0) is 36.8 Å². The van der Waals surface area contributed by atoms with Crippen molar-refractivity contribution in [2.24, 2.45) is 0 Å². The van der Waals surface area contributed by atoms with Crippen LogP contribution in [0.5, 0.6) is 5.75 Å². The Morgan fingerprint density at radius 2 is 1.95 bits per heavy atom. The van der Waals surface area contributed by atoms with Gasteiger partial charge in [0.15, 0.2) is 11.7 Å². The molecule has 3 aromatic rings. The fourth-order valence-corrected chi connectivity index (χ4v) is 2.92. The largest absolute Gasteiger partial charge is 0.484 e. The van der Waals surface area contributed by atoms with E-state index in [0.717, 1.165) is 21.3 Å². The molecule has 0 spiro atoms. The van der Waals surface area contributed by atoms with E-state index in [9.17, 15) is 4.79 Å². The number of rotatable bonds is 4. The van der Waals surface area contributed by atoms with Crippen LogP contribution in [0.4, 0.5) is 5.13 Å². The summed E-state index contributed by atoms with van der Waals surface area (Å²) in [6, 6.07) is 13.8. The fraction of sp³-hybridized carbons (Fsp3) is 0.176. The van der Waals surface area contributed by atoms with Gasteiger partial charge in [0.2, 0.25) is 0 Å². The maximum Gasteiger partial charge on any atom is 0.264 e. The SMILES string of the molecule is Cc1nc(NC(=O)COc2ccc3ccccc3c2)sc1C. The Balaban J connectivity index is 1.62. The van der Waals surface area contributed by atoms with Crippen LogP contribution in [-0.4, -0.2) is 17.5 Å². The van der Waals surface area contributed by atoms with Crippen LogP contribution < -0.4 is 10.1 Å². The van der Waals surface area contributed by atoms with Gasteiger partial charge in [0.1, 0.15) is 5.75 Å². The maximum atomic E-state index is 11.9. The highest BCUT2D eigenvalue weighted by Crippen LogP contribution is 2.22. The summed E-state index contributed by atoms with van der Waals surface area (Å²) in [7, 11) is 0. The van der Waals surface area contributed by atoms with Crippen molar-refractivity contribution in [2.45, 2.75) is 13.8 Å². The second-order valence-corrected chi connectivity index (χ2v) is 6.21. The van der Waals surface area contributed by atoms with Crippen LogP contribution >= 0.6 is 11.3 Å². The lowest BCUT2D eigenvalue weighted by atomic mass is 10.1. The molecule has 0 saturated heterocycles. The Morgan fingerprint density at radius 1 is 1.18 bits per heavy atom. The third-order valence-corrected chi connectivity index (χ3v) is 4.35. The quantitative estimate of drug-likeness (QED) is 0.794. The second kappa shape index (κ2) is 6.15. The number of benzene rings is 2. The summed E-state index contributed by atoms with van der Waals surface area (Å²) in [4.78, 5) is 17.3. The molecule has 0 atom stereocenters. The normalized spacial score (nSPS) is 10.6. The molecule has 1 aromatic heterocycles. The maximum absolute atomic E-state index is 11.9. The molecule has 0 aliphatic rings. The Bertz CT molecular complexity index is 807. The summed E-state index contributed by atoms with van der Waals surface area (Å²) in [5, 5.41) is 5.60. The van der Waals surface area contributed by atoms with Crippen molar-refractivity contribution in [3.63, 3.8) is 0 Å². The zero-order valence-corrected chi connectivity index (χ0v) is 13.2. The predicted octanol–water partition coefficient (Wildman–Crippen LogP) is 3.93. The third kappa shape index (κ3) is 3.26. The van der Waals surface area contributed by atoms with E-state index in [2.05, 4.69) is 10.3 Å². The molecule has 1 amide bonds. The topological polar surface area (TPSA) is 51.2 Å². The van der Waals surface area contributed by atoms with E-state index in [0.29, 0.717) is 10.9 Å². The molecule has 22 heavy (non-hydrogen) atoms. The van der Waals surface area contributed by atoms with Gasteiger partial charge in [0, 0.05) is 4.88 Å². The highest BCUT2D eigenvalue weighted by molar-refractivity contribution is 7.15. The number of nitrogens with one attached hydrogen (secondary N) is 1. The third-order valence-electron chi connectivity index (χ3n) is 3.37. The number of fused-ring (bicyclic) bond motifs is 1. The molecule has 112 valence electrons. The molecule has 5 heteroatoms. The molecule has 2 aromatic carbocycles. The number of carbonyl (C=O) groups is 1. The van der Waals surface area contributed by atoms with Gasteiger partial charge in [0.25, 0.3) is 5.91 Å². The summed E-state index contributed by atoms with van der Waals surface area (Å²) in [6.45, 7) is 3.87. The number of nitrogens with zero attached hydrogens (tertiary/aromatic N) is 1. The van der Waals surface area contributed by atoms with Crippen molar-refractivity contribution in [1.82, 2.24) is 4.98 Å². The molecule has 0 bridgehead atoms. The van der Waals surface area contributed by atoms with Gasteiger partial charge in [-0.2, -0.15) is 0 Å². The standard InChI is InChI=1S/C17H16N2O2S/c1-11-12(2)22-17(18-11)19-16(20)10-21-15-8-7-13-5-3-4-6-14(13)9-15/h3-9H,10H2,1-2H3,(H,18,19,20). The van der Waals surface area contributed by atoms with Gasteiger partial charge < -0.3 is 4.74 Å². The summed E-state index contributed by atoms with van der Waals surface area (Å²) < 4.78 is 5.55. The van der Waals surface area contributed by atoms with Gasteiger partial charge in [-0.25, -0.2) is 4.98 Å². The Hall–Kier alpha value is -2.40. The molecule has 4 nitrogen and oxygen atoms in total. The van der Waals surface area contributed by atoms with Crippen LogP contribution in [-0.2, 0) is 4.79 Å². The fourth-order valence-electron chi connectivity index (χ4n) is 2.09. The lowest BCUT2D eigenvalue weighted by molar-refractivity contribution is -0.118. The molecule has 0 radical (unpaired) electrons. The van der Waals surface area contributed by atoms with Crippen LogP contribution in [0.3, 0.4) is 0 Å². The van der Waals surface area contributed by atoms with Gasteiger partial charge >= 0.3 is 0 Å². The number of hydrogen-bond acceptors (Lipinski definition) is 4. The van der Waals surface area contributed by atoms with E-state index < -0.39 is 0 Å². The lowest BCUT2D eigenvalue weighted by Gasteiger charge is -2.07. The number of amides is 1. The van der Waals surface area contributed by atoms with Crippen molar-refractivity contribution in [3.05, 3.63) is 53.0 Å². The molecule has 1 heterocycles. The van der Waals surface area contributed by atoms with Crippen molar-refractivity contribution < 1.29 is 9.53 Å². The summed E-state index contributed by atoms with van der Waals surface area (Å²) in [5.41, 5.74) is 0.941. The molecular weight excluding hydrogens is 296 g/mol. The number of ether oxygens (including phenoxy) is 1.